The number of anilines is 2. The van der Waals surface area contributed by atoms with Crippen LogP contribution in [0, 0.1) is 11.3 Å². The predicted octanol–water partition coefficient (Wildman–Crippen LogP) is 4.24. The molecule has 9 nitrogen and oxygen atoms in total. The number of hydrogen-bond donors (Lipinski definition) is 1. The number of hydrogen-bond acceptors (Lipinski definition) is 7. The topological polar surface area (TPSA) is 102 Å². The number of carbonyl (C=O) groups excluding carboxylic acids is 1. The molecule has 192 valence electrons. The summed E-state index contributed by atoms with van der Waals surface area (Å²) in [5.74, 6) is 0.615. The molecule has 3 fully saturated rings. The molecule has 1 aromatic carbocycles. The first-order valence-electron chi connectivity index (χ1n) is 12.3. The number of carbonyl (C=O) groups is 1. The van der Waals surface area contributed by atoms with Crippen molar-refractivity contribution in [3.05, 3.63) is 36.0 Å². The van der Waals surface area contributed by atoms with Gasteiger partial charge in [0.15, 0.2) is 5.82 Å². The molecule has 1 saturated carbocycles. The molecule has 1 aliphatic carbocycles. The van der Waals surface area contributed by atoms with Gasteiger partial charge in [0.25, 0.3) is 0 Å². The number of benzene rings is 1. The van der Waals surface area contributed by atoms with Gasteiger partial charge >= 0.3 is 6.03 Å². The molecule has 0 unspecified atom stereocenters. The molecule has 1 aromatic heterocycles. The number of rotatable bonds is 4. The lowest BCUT2D eigenvalue weighted by Crippen LogP contribution is -2.49. The van der Waals surface area contributed by atoms with E-state index < -0.39 is 0 Å². The minimum absolute atomic E-state index is 0. The largest absolute Gasteiger partial charge is 0.367 e. The molecule has 3 aliphatic rings. The summed E-state index contributed by atoms with van der Waals surface area (Å²) in [5, 5.41) is 16.7. The highest BCUT2D eigenvalue weighted by molar-refractivity contribution is 5.95. The summed E-state index contributed by atoms with van der Waals surface area (Å²) >= 11 is 0. The molecule has 0 radical (unpaired) electrons. The van der Waals surface area contributed by atoms with Crippen LogP contribution in [0.3, 0.4) is 0 Å². The first-order valence-corrected chi connectivity index (χ1v) is 12.3. The summed E-state index contributed by atoms with van der Waals surface area (Å²) in [6, 6.07) is 8.14. The van der Waals surface area contributed by atoms with E-state index in [1.165, 1.54) is 25.7 Å². The summed E-state index contributed by atoms with van der Waals surface area (Å²) in [5.41, 5.74) is 1.61. The molecule has 2 saturated heterocycles. The molecular formula is C25H38FN7O2. The minimum Gasteiger partial charge on any atom is -0.367 e. The lowest BCUT2D eigenvalue weighted by atomic mass is 9.89. The lowest BCUT2D eigenvalue weighted by molar-refractivity contribution is 0.209. The van der Waals surface area contributed by atoms with Crippen LogP contribution in [-0.4, -0.2) is 71.3 Å². The molecule has 2 aromatic rings. The van der Waals surface area contributed by atoms with E-state index in [0.29, 0.717) is 36.2 Å². The highest BCUT2D eigenvalue weighted by atomic mass is 19.0. The zero-order valence-corrected chi connectivity index (χ0v) is 20.9. The second kappa shape index (κ2) is 11.5. The average molecular weight is 488 g/mol. The standard InChI is InChI=1S/C22H29N7O2.C3H6.FH.H2/c1-16(2)27-9-11-28(12-10-27)18-6-4-5-17(13-23)19(18)25-21(30)29-8-7-22(3,14-29)20-24-15-31-26-20;1-2-3-1;;/h4-6,15-16H,7-12,14H2,1-3H3,(H,25,30);1-3H2;2*1H/t22-;;;/m1.../s1. The SMILES string of the molecule is C1CC1.CC(C)N1CCN(c2cccc(C#N)c2NC(=O)N2CC[C@@](C)(c3ncon3)C2)CC1.F.[HH]. The van der Waals surface area contributed by atoms with Crippen LogP contribution in [-0.2, 0) is 5.41 Å². The van der Waals surface area contributed by atoms with Gasteiger partial charge in [-0.15, -0.1) is 0 Å². The molecule has 5 rings (SSSR count). The maximum atomic E-state index is 13.1. The van der Waals surface area contributed by atoms with Crippen LogP contribution < -0.4 is 10.2 Å². The van der Waals surface area contributed by atoms with Crippen molar-refractivity contribution in [2.45, 2.75) is 57.9 Å². The van der Waals surface area contributed by atoms with E-state index in [1.807, 2.05) is 19.1 Å². The van der Waals surface area contributed by atoms with Gasteiger partial charge in [0.1, 0.15) is 6.07 Å². The molecule has 2 aliphatic heterocycles. The van der Waals surface area contributed by atoms with Crippen molar-refractivity contribution in [2.75, 3.05) is 49.5 Å². The summed E-state index contributed by atoms with van der Waals surface area (Å²) in [7, 11) is 0. The second-order valence-electron chi connectivity index (χ2n) is 9.91. The lowest BCUT2D eigenvalue weighted by Gasteiger charge is -2.39. The molecule has 2 amide bonds. The Kier molecular flexibility index (Phi) is 8.67. The number of aromatic nitrogens is 2. The third kappa shape index (κ3) is 6.28. The Morgan fingerprint density at radius 1 is 1.20 bits per heavy atom. The maximum Gasteiger partial charge on any atom is 0.321 e. The number of nitriles is 1. The quantitative estimate of drug-likeness (QED) is 0.688. The van der Waals surface area contributed by atoms with Gasteiger partial charge in [-0.2, -0.15) is 10.2 Å². The van der Waals surface area contributed by atoms with E-state index in [0.717, 1.165) is 38.3 Å². The predicted molar refractivity (Wildman–Crippen MR) is 135 cm³/mol. The molecule has 1 N–H and O–H groups in total. The van der Waals surface area contributed by atoms with Gasteiger partial charge in [0, 0.05) is 46.7 Å². The number of piperazine rings is 1. The fourth-order valence-electron chi connectivity index (χ4n) is 4.45. The van der Waals surface area contributed by atoms with Gasteiger partial charge in [0.05, 0.1) is 22.4 Å². The fourth-order valence-corrected chi connectivity index (χ4v) is 4.45. The number of nitrogens with zero attached hydrogens (tertiary/aromatic N) is 6. The Labute approximate surface area is 207 Å². The van der Waals surface area contributed by atoms with Crippen molar-refractivity contribution in [1.29, 1.82) is 5.26 Å². The van der Waals surface area contributed by atoms with Crippen molar-refractivity contribution in [1.82, 2.24) is 19.9 Å². The molecule has 10 heteroatoms. The molecule has 3 heterocycles. The van der Waals surface area contributed by atoms with Gasteiger partial charge in [-0.1, -0.05) is 37.4 Å². The smallest absolute Gasteiger partial charge is 0.321 e. The van der Waals surface area contributed by atoms with Gasteiger partial charge < -0.3 is 19.6 Å². The molecule has 0 spiro atoms. The summed E-state index contributed by atoms with van der Waals surface area (Å²) in [4.78, 5) is 23.8. The second-order valence-corrected chi connectivity index (χ2v) is 9.91. The number of halogens is 1. The highest BCUT2D eigenvalue weighted by Crippen LogP contribution is 2.34. The van der Waals surface area contributed by atoms with E-state index >= 15 is 0 Å². The van der Waals surface area contributed by atoms with Crippen LogP contribution in [0.25, 0.3) is 0 Å². The van der Waals surface area contributed by atoms with E-state index in [-0.39, 0.29) is 17.6 Å². The van der Waals surface area contributed by atoms with Gasteiger partial charge in [0.2, 0.25) is 6.39 Å². The van der Waals surface area contributed by atoms with E-state index in [1.54, 1.807) is 11.0 Å². The van der Waals surface area contributed by atoms with Crippen molar-refractivity contribution >= 4 is 17.4 Å². The number of para-hydroxylation sites is 1. The minimum atomic E-state index is -0.338. The first-order chi connectivity index (χ1) is 16.4. The molecule has 1 atom stereocenters. The summed E-state index contributed by atoms with van der Waals surface area (Å²) in [6.45, 7) is 11.2. The Morgan fingerprint density at radius 2 is 1.91 bits per heavy atom. The number of amides is 2. The zero-order chi connectivity index (χ0) is 24.1. The van der Waals surface area contributed by atoms with Crippen LogP contribution in [0.5, 0.6) is 0 Å². The summed E-state index contributed by atoms with van der Waals surface area (Å²) in [6.07, 6.45) is 6.57. The average Bonchev–Trinajstić information content (AvgIpc) is 3.51. The van der Waals surface area contributed by atoms with E-state index in [2.05, 4.69) is 45.2 Å². The van der Waals surface area contributed by atoms with Crippen LogP contribution in [0.15, 0.2) is 29.1 Å². The van der Waals surface area contributed by atoms with Crippen molar-refractivity contribution < 1.29 is 15.4 Å². The zero-order valence-electron chi connectivity index (χ0n) is 20.9. The number of urea groups is 1. The maximum absolute atomic E-state index is 13.1. The van der Waals surface area contributed by atoms with Crippen molar-refractivity contribution in [3.8, 4) is 6.07 Å². The first kappa shape index (κ1) is 26.4. The monoisotopic (exact) mass is 487 g/mol. The number of nitrogens with one attached hydrogen (secondary N) is 1. The Bertz CT molecular complexity index is 1020. The summed E-state index contributed by atoms with van der Waals surface area (Å²) < 4.78 is 4.89. The number of likely N-dealkylation sites (tertiary alicyclic amines) is 1. The van der Waals surface area contributed by atoms with Crippen molar-refractivity contribution in [3.63, 3.8) is 0 Å². The van der Waals surface area contributed by atoms with Gasteiger partial charge in [-0.25, -0.2) is 4.79 Å². The molecular weight excluding hydrogens is 449 g/mol. The molecule has 35 heavy (non-hydrogen) atoms. The van der Waals surface area contributed by atoms with E-state index in [4.69, 9.17) is 4.52 Å². The van der Waals surface area contributed by atoms with Crippen molar-refractivity contribution in [2.24, 2.45) is 0 Å². The van der Waals surface area contributed by atoms with E-state index in [9.17, 15) is 10.1 Å². The van der Waals surface area contributed by atoms with Crippen LogP contribution in [0.4, 0.5) is 20.9 Å². The van der Waals surface area contributed by atoms with Crippen LogP contribution in [0.1, 0.15) is 59.3 Å². The van der Waals surface area contributed by atoms with Crippen LogP contribution in [0.2, 0.25) is 0 Å². The van der Waals surface area contributed by atoms with Gasteiger partial charge in [-0.3, -0.25) is 9.60 Å². The Morgan fingerprint density at radius 3 is 2.49 bits per heavy atom. The highest BCUT2D eigenvalue weighted by Gasteiger charge is 2.41. The Hall–Kier alpha value is -3.19. The van der Waals surface area contributed by atoms with Crippen LogP contribution >= 0.6 is 0 Å². The van der Waals surface area contributed by atoms with Gasteiger partial charge in [-0.05, 0) is 32.4 Å². The molecule has 0 bridgehead atoms. The third-order valence-corrected chi connectivity index (χ3v) is 6.80. The Balaban J connectivity index is 0.000000850. The third-order valence-electron chi connectivity index (χ3n) is 6.80. The fraction of sp³-hybridized carbons (Fsp3) is 0.600. The normalized spacial score (nSPS) is 21.6.